The number of carbonyl (C=O) groups excluding carboxylic acids is 1. The van der Waals surface area contributed by atoms with Crippen LogP contribution in [0.4, 0.5) is 0 Å². The third-order valence-corrected chi connectivity index (χ3v) is 5.15. The van der Waals surface area contributed by atoms with Crippen LogP contribution in [0.1, 0.15) is 27.9 Å². The number of nitrogens with zero attached hydrogens (tertiary/aromatic N) is 3. The molecule has 1 unspecified atom stereocenters. The Bertz CT molecular complexity index is 1200. The summed E-state index contributed by atoms with van der Waals surface area (Å²) in [6, 6.07) is 9.88. The third-order valence-electron chi connectivity index (χ3n) is 5.15. The molecule has 6 nitrogen and oxygen atoms in total. The number of Topliss-reactive ketones (excluding diaryl/α,β-unsaturated/α-hetero) is 1. The molecule has 2 aromatic heterocycles. The predicted octanol–water partition coefficient (Wildman–Crippen LogP) is 2.09. The van der Waals surface area contributed by atoms with Crippen LogP contribution in [0.25, 0.3) is 17.1 Å². The normalized spacial score (nSPS) is 16.8. The smallest absolute Gasteiger partial charge is 0.294 e. The summed E-state index contributed by atoms with van der Waals surface area (Å²) in [5, 5.41) is 0.364. The van der Waals surface area contributed by atoms with Gasteiger partial charge < -0.3 is 0 Å². The number of ketones is 1. The van der Waals surface area contributed by atoms with Crippen molar-refractivity contribution in [2.45, 2.75) is 12.8 Å². The molecule has 1 aromatic carbocycles. The molecule has 6 heteroatoms. The van der Waals surface area contributed by atoms with E-state index in [0.717, 1.165) is 10.1 Å². The van der Waals surface area contributed by atoms with Crippen molar-refractivity contribution < 1.29 is 4.79 Å². The number of hydrogen-bond donors (Lipinski definition) is 0. The van der Waals surface area contributed by atoms with Gasteiger partial charge in [-0.05, 0) is 23.5 Å². The zero-order valence-electron chi connectivity index (χ0n) is 15.2. The second kappa shape index (κ2) is 6.46. The van der Waals surface area contributed by atoms with Gasteiger partial charge in [-0.1, -0.05) is 42.5 Å². The fourth-order valence-corrected chi connectivity index (χ4v) is 3.67. The van der Waals surface area contributed by atoms with E-state index in [1.165, 1.54) is 17.8 Å². The van der Waals surface area contributed by atoms with E-state index in [2.05, 4.69) is 4.98 Å². The number of pyridine rings is 1. The lowest BCUT2D eigenvalue weighted by atomic mass is 9.82. The molecule has 27 heavy (non-hydrogen) atoms. The molecule has 136 valence electrons. The highest BCUT2D eigenvalue weighted by Crippen LogP contribution is 2.29. The number of carbonyl (C=O) groups is 1. The minimum Gasteiger partial charge on any atom is -0.294 e. The van der Waals surface area contributed by atoms with E-state index in [1.807, 2.05) is 42.5 Å². The zero-order chi connectivity index (χ0) is 19.1. The van der Waals surface area contributed by atoms with Crippen molar-refractivity contribution in [3.63, 3.8) is 0 Å². The van der Waals surface area contributed by atoms with Gasteiger partial charge in [-0.2, -0.15) is 0 Å². The van der Waals surface area contributed by atoms with Crippen LogP contribution < -0.4 is 11.2 Å². The van der Waals surface area contributed by atoms with Crippen molar-refractivity contribution in [3.8, 4) is 0 Å². The van der Waals surface area contributed by atoms with Crippen LogP contribution >= 0.6 is 0 Å². The molecule has 0 N–H and O–H groups in total. The van der Waals surface area contributed by atoms with Gasteiger partial charge in [0.2, 0.25) is 0 Å². The second-order valence-corrected chi connectivity index (χ2v) is 6.92. The summed E-state index contributed by atoms with van der Waals surface area (Å²) in [5.41, 5.74) is 1.73. The van der Waals surface area contributed by atoms with Crippen LogP contribution in [0.15, 0.2) is 52.2 Å². The van der Waals surface area contributed by atoms with E-state index in [-0.39, 0.29) is 11.7 Å². The van der Waals surface area contributed by atoms with Crippen molar-refractivity contribution in [3.05, 3.63) is 80.1 Å². The molecule has 0 fully saturated rings. The molecule has 0 spiro atoms. The van der Waals surface area contributed by atoms with E-state index >= 15 is 0 Å². The van der Waals surface area contributed by atoms with Crippen molar-refractivity contribution in [1.82, 2.24) is 14.1 Å². The predicted molar refractivity (Wildman–Crippen MR) is 104 cm³/mol. The fraction of sp³-hybridized carbons (Fsp3) is 0.238. The molecule has 0 bridgehead atoms. The average Bonchev–Trinajstić information content (AvgIpc) is 2.69. The topological polar surface area (TPSA) is 74.0 Å². The Hall–Kier alpha value is -3.28. The zero-order valence-corrected chi connectivity index (χ0v) is 15.2. The lowest BCUT2D eigenvalue weighted by molar-refractivity contribution is 0.0959. The van der Waals surface area contributed by atoms with Crippen molar-refractivity contribution in [1.29, 1.82) is 0 Å². The van der Waals surface area contributed by atoms with Gasteiger partial charge in [-0.25, -0.2) is 9.78 Å². The highest BCUT2D eigenvalue weighted by Gasteiger charge is 2.28. The lowest BCUT2D eigenvalue weighted by Gasteiger charge is -2.22. The number of hydrogen-bond acceptors (Lipinski definition) is 4. The number of aromatic nitrogens is 3. The SMILES string of the molecule is Cn1c(=O)c2c3c(cnc2n(C)c1=O)C(=O)CC(/C=C/c1ccccc1)C3. The van der Waals surface area contributed by atoms with Gasteiger partial charge in [0.25, 0.3) is 5.56 Å². The first-order valence-electron chi connectivity index (χ1n) is 8.81. The number of benzene rings is 1. The van der Waals surface area contributed by atoms with Crippen LogP contribution in [0.2, 0.25) is 0 Å². The molecule has 1 aliphatic carbocycles. The van der Waals surface area contributed by atoms with Crippen LogP contribution in [-0.2, 0) is 20.5 Å². The Kier molecular flexibility index (Phi) is 4.11. The summed E-state index contributed by atoms with van der Waals surface area (Å²) >= 11 is 0. The fourth-order valence-electron chi connectivity index (χ4n) is 3.67. The van der Waals surface area contributed by atoms with Gasteiger partial charge in [0, 0.05) is 32.3 Å². The molecule has 0 amide bonds. The molecule has 0 radical (unpaired) electrons. The van der Waals surface area contributed by atoms with Gasteiger partial charge in [0.05, 0.1) is 5.39 Å². The highest BCUT2D eigenvalue weighted by atomic mass is 16.2. The Morgan fingerprint density at radius 1 is 1.04 bits per heavy atom. The maximum atomic E-state index is 12.7. The Balaban J connectivity index is 1.85. The number of rotatable bonds is 2. The van der Waals surface area contributed by atoms with Crippen molar-refractivity contribution in [2.24, 2.45) is 20.0 Å². The molecule has 1 atom stereocenters. The largest absolute Gasteiger partial charge is 0.332 e. The van der Waals surface area contributed by atoms with Gasteiger partial charge in [0.15, 0.2) is 5.78 Å². The molecule has 2 heterocycles. The summed E-state index contributed by atoms with van der Waals surface area (Å²) in [6.07, 6.45) is 6.47. The first kappa shape index (κ1) is 17.1. The molecule has 3 aromatic rings. The van der Waals surface area contributed by atoms with E-state index in [4.69, 9.17) is 0 Å². The molecular weight excluding hydrogens is 342 g/mol. The van der Waals surface area contributed by atoms with E-state index in [1.54, 1.807) is 7.05 Å². The van der Waals surface area contributed by atoms with E-state index in [0.29, 0.717) is 35.0 Å². The minimum atomic E-state index is -0.428. The second-order valence-electron chi connectivity index (χ2n) is 6.92. The molecular formula is C21H19N3O3. The summed E-state index contributed by atoms with van der Waals surface area (Å²) in [5.74, 6) is -0.0259. The van der Waals surface area contributed by atoms with Crippen molar-refractivity contribution >= 4 is 22.9 Å². The monoisotopic (exact) mass is 361 g/mol. The molecule has 0 aliphatic heterocycles. The van der Waals surface area contributed by atoms with Crippen LogP contribution in [0.3, 0.4) is 0 Å². The Morgan fingerprint density at radius 2 is 1.78 bits per heavy atom. The molecule has 0 saturated heterocycles. The summed E-state index contributed by atoms with van der Waals surface area (Å²) in [7, 11) is 3.03. The Labute approximate surface area is 155 Å². The summed E-state index contributed by atoms with van der Waals surface area (Å²) < 4.78 is 2.42. The van der Waals surface area contributed by atoms with Crippen LogP contribution in [-0.4, -0.2) is 19.9 Å². The first-order valence-corrected chi connectivity index (χ1v) is 8.81. The first-order chi connectivity index (χ1) is 13.0. The summed E-state index contributed by atoms with van der Waals surface area (Å²) in [4.78, 5) is 41.8. The lowest BCUT2D eigenvalue weighted by Crippen LogP contribution is -2.38. The van der Waals surface area contributed by atoms with Gasteiger partial charge in [0.1, 0.15) is 5.65 Å². The summed E-state index contributed by atoms with van der Waals surface area (Å²) in [6.45, 7) is 0. The standard InChI is InChI=1S/C21H19N3O3/c1-23-19-18(20(26)24(2)21(23)27)15-10-14(11-17(25)16(15)12-22-19)9-8-13-6-4-3-5-7-13/h3-9,12,14H,10-11H2,1-2H3/b9-8+. The van der Waals surface area contributed by atoms with E-state index < -0.39 is 11.2 Å². The Morgan fingerprint density at radius 3 is 2.52 bits per heavy atom. The van der Waals surface area contributed by atoms with Gasteiger partial charge in [-0.3, -0.25) is 18.7 Å². The van der Waals surface area contributed by atoms with Crippen molar-refractivity contribution in [2.75, 3.05) is 0 Å². The quantitative estimate of drug-likeness (QED) is 0.701. The average molecular weight is 361 g/mol. The minimum absolute atomic E-state index is 0.00209. The van der Waals surface area contributed by atoms with Crippen LogP contribution in [0, 0.1) is 5.92 Å². The van der Waals surface area contributed by atoms with Gasteiger partial charge in [-0.15, -0.1) is 0 Å². The van der Waals surface area contributed by atoms with E-state index in [9.17, 15) is 14.4 Å². The number of aryl methyl sites for hydroxylation is 1. The van der Waals surface area contributed by atoms with Crippen LogP contribution in [0.5, 0.6) is 0 Å². The number of fused-ring (bicyclic) bond motifs is 3. The van der Waals surface area contributed by atoms with Gasteiger partial charge >= 0.3 is 5.69 Å². The maximum absolute atomic E-state index is 12.7. The maximum Gasteiger partial charge on any atom is 0.332 e. The molecule has 1 aliphatic rings. The molecule has 0 saturated carbocycles. The molecule has 4 rings (SSSR count). The highest BCUT2D eigenvalue weighted by molar-refractivity contribution is 6.02. The number of allylic oxidation sites excluding steroid dienone is 1. The third kappa shape index (κ3) is 2.83.